The Hall–Kier alpha value is -3.93. The first-order valence-electron chi connectivity index (χ1n) is 10.0. The van der Waals surface area contributed by atoms with Gasteiger partial charge in [0.1, 0.15) is 11.5 Å². The maximum atomic E-state index is 13.2. The Morgan fingerprint density at radius 3 is 2.52 bits per heavy atom. The minimum atomic E-state index is -0.778. The summed E-state index contributed by atoms with van der Waals surface area (Å²) in [5.41, 5.74) is 2.59. The third-order valence-corrected chi connectivity index (χ3v) is 5.26. The number of ketones is 1. The average molecular weight is 414 g/mol. The molecule has 156 valence electrons. The molecular formula is C25H22N2O4. The lowest BCUT2D eigenvalue weighted by Crippen LogP contribution is -2.30. The van der Waals surface area contributed by atoms with Crippen LogP contribution in [0.25, 0.3) is 5.76 Å². The van der Waals surface area contributed by atoms with Crippen molar-refractivity contribution in [3.63, 3.8) is 0 Å². The van der Waals surface area contributed by atoms with Crippen LogP contribution in [0.2, 0.25) is 0 Å². The van der Waals surface area contributed by atoms with Crippen LogP contribution in [0.4, 0.5) is 5.69 Å². The minimum Gasteiger partial charge on any atom is -0.507 e. The van der Waals surface area contributed by atoms with E-state index in [9.17, 15) is 14.7 Å². The number of aliphatic hydroxyl groups excluding tert-OH is 1. The van der Waals surface area contributed by atoms with E-state index in [1.807, 2.05) is 32.0 Å². The Labute approximate surface area is 180 Å². The molecule has 2 heterocycles. The number of anilines is 1. The van der Waals surface area contributed by atoms with Crippen molar-refractivity contribution in [3.8, 4) is 5.75 Å². The highest BCUT2D eigenvalue weighted by molar-refractivity contribution is 6.51. The Kier molecular flexibility index (Phi) is 5.54. The summed E-state index contributed by atoms with van der Waals surface area (Å²) in [5.74, 6) is -1.08. The van der Waals surface area contributed by atoms with Crippen LogP contribution in [-0.2, 0) is 9.59 Å². The highest BCUT2D eigenvalue weighted by Gasteiger charge is 2.47. The molecule has 1 aliphatic rings. The molecule has 31 heavy (non-hydrogen) atoms. The maximum Gasteiger partial charge on any atom is 0.300 e. The fourth-order valence-corrected chi connectivity index (χ4v) is 3.83. The van der Waals surface area contributed by atoms with Crippen LogP contribution in [-0.4, -0.2) is 28.4 Å². The van der Waals surface area contributed by atoms with Crippen LogP contribution in [0.5, 0.6) is 5.75 Å². The van der Waals surface area contributed by atoms with Gasteiger partial charge in [-0.05, 0) is 55.3 Å². The van der Waals surface area contributed by atoms with E-state index in [0.29, 0.717) is 29.2 Å². The number of aliphatic hydroxyl groups is 1. The average Bonchev–Trinajstić information content (AvgIpc) is 3.05. The zero-order valence-corrected chi connectivity index (χ0v) is 17.3. The zero-order chi connectivity index (χ0) is 22.0. The molecular weight excluding hydrogens is 392 g/mol. The summed E-state index contributed by atoms with van der Waals surface area (Å²) in [4.78, 5) is 31.8. The van der Waals surface area contributed by atoms with Gasteiger partial charge in [0.25, 0.3) is 11.7 Å². The van der Waals surface area contributed by atoms with Gasteiger partial charge in [-0.2, -0.15) is 0 Å². The predicted molar refractivity (Wildman–Crippen MR) is 118 cm³/mol. The summed E-state index contributed by atoms with van der Waals surface area (Å²) < 4.78 is 5.52. The van der Waals surface area contributed by atoms with E-state index in [4.69, 9.17) is 4.74 Å². The van der Waals surface area contributed by atoms with Crippen LogP contribution in [0.15, 0.2) is 78.6 Å². The number of hydrogen-bond donors (Lipinski definition) is 1. The number of benzene rings is 2. The number of ether oxygens (including phenoxy) is 1. The molecule has 3 aromatic rings. The van der Waals surface area contributed by atoms with Crippen molar-refractivity contribution in [1.29, 1.82) is 0 Å². The number of para-hydroxylation sites is 1. The summed E-state index contributed by atoms with van der Waals surface area (Å²) in [6.45, 7) is 4.21. The van der Waals surface area contributed by atoms with Crippen LogP contribution in [0.1, 0.15) is 29.7 Å². The van der Waals surface area contributed by atoms with Gasteiger partial charge in [-0.25, -0.2) is 0 Å². The number of nitrogens with zero attached hydrogens (tertiary/aromatic N) is 2. The van der Waals surface area contributed by atoms with E-state index >= 15 is 0 Å². The molecule has 2 aromatic carbocycles. The summed E-state index contributed by atoms with van der Waals surface area (Å²) in [5, 5.41) is 11.2. The Morgan fingerprint density at radius 2 is 1.81 bits per heavy atom. The van der Waals surface area contributed by atoms with Crippen molar-refractivity contribution in [3.05, 3.63) is 95.3 Å². The van der Waals surface area contributed by atoms with Crippen molar-refractivity contribution in [2.75, 3.05) is 11.5 Å². The summed E-state index contributed by atoms with van der Waals surface area (Å²) >= 11 is 0. The number of carbonyl (C=O) groups excluding carboxylic acids is 2. The Morgan fingerprint density at radius 1 is 1.06 bits per heavy atom. The number of Topliss-reactive ketones (excluding diaryl/α,β-unsaturated/α-hetero) is 1. The van der Waals surface area contributed by atoms with Gasteiger partial charge in [-0.3, -0.25) is 19.5 Å². The largest absolute Gasteiger partial charge is 0.507 e. The molecule has 0 bridgehead atoms. The third-order valence-electron chi connectivity index (χ3n) is 5.26. The second-order valence-corrected chi connectivity index (χ2v) is 7.20. The molecule has 1 amide bonds. The number of aryl methyl sites for hydroxylation is 1. The highest BCUT2D eigenvalue weighted by Crippen LogP contribution is 2.43. The number of carbonyl (C=O) groups is 2. The lowest BCUT2D eigenvalue weighted by atomic mass is 9.95. The van der Waals surface area contributed by atoms with Crippen molar-refractivity contribution in [2.24, 2.45) is 0 Å². The molecule has 0 radical (unpaired) electrons. The van der Waals surface area contributed by atoms with E-state index in [1.54, 1.807) is 54.9 Å². The molecule has 6 nitrogen and oxygen atoms in total. The molecule has 1 aromatic heterocycles. The smallest absolute Gasteiger partial charge is 0.300 e. The molecule has 1 atom stereocenters. The number of rotatable bonds is 5. The molecule has 4 rings (SSSR count). The Balaban J connectivity index is 1.93. The van der Waals surface area contributed by atoms with Gasteiger partial charge in [-0.1, -0.05) is 30.3 Å². The SMILES string of the molecule is CCOc1cccc(/C(O)=C2/C(=O)C(=O)N(c3ccccc3C)C2c2ccncc2)c1. The molecule has 0 saturated carbocycles. The van der Waals surface area contributed by atoms with Gasteiger partial charge in [0.05, 0.1) is 18.2 Å². The van der Waals surface area contributed by atoms with E-state index < -0.39 is 17.7 Å². The number of aromatic nitrogens is 1. The molecule has 6 heteroatoms. The molecule has 1 N–H and O–H groups in total. The monoisotopic (exact) mass is 414 g/mol. The van der Waals surface area contributed by atoms with E-state index in [1.165, 1.54) is 4.90 Å². The fourth-order valence-electron chi connectivity index (χ4n) is 3.83. The Bertz CT molecular complexity index is 1170. The standard InChI is InChI=1S/C25H22N2O4/c1-3-31-19-9-6-8-18(15-19)23(28)21-22(17-11-13-26-14-12-17)27(25(30)24(21)29)20-10-5-4-7-16(20)2/h4-15,22,28H,3H2,1-2H3/b23-21-. The normalized spacial score (nSPS) is 17.7. The second kappa shape index (κ2) is 8.44. The topological polar surface area (TPSA) is 79.7 Å². The predicted octanol–water partition coefficient (Wildman–Crippen LogP) is 4.42. The van der Waals surface area contributed by atoms with Gasteiger partial charge >= 0.3 is 0 Å². The van der Waals surface area contributed by atoms with Crippen molar-refractivity contribution in [1.82, 2.24) is 4.98 Å². The molecule has 1 saturated heterocycles. The second-order valence-electron chi connectivity index (χ2n) is 7.20. The lowest BCUT2D eigenvalue weighted by Gasteiger charge is -2.26. The molecule has 1 fully saturated rings. The van der Waals surface area contributed by atoms with Gasteiger partial charge < -0.3 is 9.84 Å². The van der Waals surface area contributed by atoms with Crippen molar-refractivity contribution < 1.29 is 19.4 Å². The number of hydrogen-bond acceptors (Lipinski definition) is 5. The van der Waals surface area contributed by atoms with Crippen LogP contribution in [0.3, 0.4) is 0 Å². The maximum absolute atomic E-state index is 13.2. The van der Waals surface area contributed by atoms with Crippen LogP contribution in [0, 0.1) is 6.92 Å². The van der Waals surface area contributed by atoms with Crippen LogP contribution < -0.4 is 9.64 Å². The van der Waals surface area contributed by atoms with Gasteiger partial charge in [0, 0.05) is 23.6 Å². The molecule has 0 aliphatic carbocycles. The van der Waals surface area contributed by atoms with Gasteiger partial charge in [0.2, 0.25) is 0 Å². The number of amides is 1. The minimum absolute atomic E-state index is 0.0353. The lowest BCUT2D eigenvalue weighted by molar-refractivity contribution is -0.132. The van der Waals surface area contributed by atoms with Gasteiger partial charge in [0.15, 0.2) is 0 Å². The molecule has 1 aliphatic heterocycles. The summed E-state index contributed by atoms with van der Waals surface area (Å²) in [6, 6.07) is 16.9. The van der Waals surface area contributed by atoms with Crippen molar-refractivity contribution in [2.45, 2.75) is 19.9 Å². The quantitative estimate of drug-likeness (QED) is 0.380. The summed E-state index contributed by atoms with van der Waals surface area (Å²) in [7, 11) is 0. The third kappa shape index (κ3) is 3.68. The van der Waals surface area contributed by atoms with Crippen molar-refractivity contribution >= 4 is 23.1 Å². The molecule has 1 unspecified atom stereocenters. The first-order chi connectivity index (χ1) is 15.0. The van der Waals surface area contributed by atoms with E-state index in [0.717, 1.165) is 5.56 Å². The van der Waals surface area contributed by atoms with Crippen LogP contribution >= 0.6 is 0 Å². The highest BCUT2D eigenvalue weighted by atomic mass is 16.5. The zero-order valence-electron chi connectivity index (χ0n) is 17.3. The summed E-state index contributed by atoms with van der Waals surface area (Å²) in [6.07, 6.45) is 3.20. The van der Waals surface area contributed by atoms with Gasteiger partial charge in [-0.15, -0.1) is 0 Å². The van der Waals surface area contributed by atoms with E-state index in [2.05, 4.69) is 4.98 Å². The first kappa shape index (κ1) is 20.3. The first-order valence-corrected chi connectivity index (χ1v) is 10.0. The number of pyridine rings is 1. The fraction of sp³-hybridized carbons (Fsp3) is 0.160. The van der Waals surface area contributed by atoms with E-state index in [-0.39, 0.29) is 11.3 Å². The molecule has 0 spiro atoms.